The Hall–Kier alpha value is -1.65. The van der Waals surface area contributed by atoms with Crippen molar-refractivity contribution in [2.45, 2.75) is 45.7 Å². The van der Waals surface area contributed by atoms with Crippen molar-refractivity contribution in [1.29, 1.82) is 0 Å². The molecule has 2 atom stereocenters. The predicted molar refractivity (Wildman–Crippen MR) is 82.2 cm³/mol. The zero-order chi connectivity index (χ0) is 14.5. The van der Waals surface area contributed by atoms with Gasteiger partial charge in [-0.05, 0) is 31.9 Å². The van der Waals surface area contributed by atoms with E-state index in [0.29, 0.717) is 6.04 Å². The topological polar surface area (TPSA) is 55.9 Å². The lowest BCUT2D eigenvalue weighted by atomic mass is 10.0. The summed E-state index contributed by atoms with van der Waals surface area (Å²) in [6.07, 6.45) is 3.92. The molecule has 108 valence electrons. The van der Waals surface area contributed by atoms with Crippen LogP contribution in [0.4, 0.5) is 0 Å². The molecule has 0 amide bonds. The lowest BCUT2D eigenvalue weighted by Gasteiger charge is -2.16. The molecule has 0 saturated heterocycles. The molecule has 2 unspecified atom stereocenters. The van der Waals surface area contributed by atoms with Crippen molar-refractivity contribution >= 4 is 0 Å². The molecule has 3 N–H and O–H groups in total. The Morgan fingerprint density at radius 1 is 1.35 bits per heavy atom. The Morgan fingerprint density at radius 2 is 2.15 bits per heavy atom. The molecule has 0 fully saturated rings. The van der Waals surface area contributed by atoms with Crippen molar-refractivity contribution in [3.8, 4) is 0 Å². The van der Waals surface area contributed by atoms with Gasteiger partial charge in [0.05, 0.1) is 11.7 Å². The van der Waals surface area contributed by atoms with Crippen molar-refractivity contribution < 1.29 is 0 Å². The van der Waals surface area contributed by atoms with Gasteiger partial charge in [0.25, 0.3) is 0 Å². The third-order valence-electron chi connectivity index (χ3n) is 3.76. The van der Waals surface area contributed by atoms with Crippen molar-refractivity contribution in [2.75, 3.05) is 0 Å². The number of nitrogens with zero attached hydrogens (tertiary/aromatic N) is 2. The van der Waals surface area contributed by atoms with Crippen molar-refractivity contribution in [3.05, 3.63) is 53.3 Å². The number of rotatable bonds is 6. The van der Waals surface area contributed by atoms with Crippen LogP contribution >= 0.6 is 0 Å². The summed E-state index contributed by atoms with van der Waals surface area (Å²) in [5.41, 5.74) is 6.40. The van der Waals surface area contributed by atoms with Crippen LogP contribution in [0.5, 0.6) is 0 Å². The fourth-order valence-corrected chi connectivity index (χ4v) is 2.29. The molecule has 1 heterocycles. The Morgan fingerprint density at radius 3 is 2.80 bits per heavy atom. The van der Waals surface area contributed by atoms with Crippen LogP contribution in [-0.2, 0) is 6.42 Å². The number of hydrogen-bond acceptors (Lipinski definition) is 3. The normalized spacial score (nSPS) is 14.2. The zero-order valence-electron chi connectivity index (χ0n) is 12.5. The third-order valence-corrected chi connectivity index (χ3v) is 3.76. The van der Waals surface area contributed by atoms with E-state index in [-0.39, 0.29) is 6.04 Å². The summed E-state index contributed by atoms with van der Waals surface area (Å²) in [6.45, 7) is 6.44. The molecule has 0 aliphatic carbocycles. The van der Waals surface area contributed by atoms with Crippen LogP contribution in [0, 0.1) is 6.92 Å². The highest BCUT2D eigenvalue weighted by molar-refractivity contribution is 5.26. The van der Waals surface area contributed by atoms with Gasteiger partial charge in [0.15, 0.2) is 0 Å². The Kier molecular flexibility index (Phi) is 4.93. The van der Waals surface area contributed by atoms with Crippen LogP contribution in [0.2, 0.25) is 0 Å². The van der Waals surface area contributed by atoms with E-state index in [1.807, 2.05) is 10.9 Å². The second-order valence-corrected chi connectivity index (χ2v) is 5.38. The summed E-state index contributed by atoms with van der Waals surface area (Å²) in [5, 5.41) is 4.64. The molecule has 1 aromatic heterocycles. The summed E-state index contributed by atoms with van der Waals surface area (Å²) in [4.78, 5) is 0. The molecule has 20 heavy (non-hydrogen) atoms. The summed E-state index contributed by atoms with van der Waals surface area (Å²) < 4.78 is 2.03. The van der Waals surface area contributed by atoms with E-state index in [4.69, 9.17) is 5.84 Å². The number of aryl methyl sites for hydroxylation is 1. The summed E-state index contributed by atoms with van der Waals surface area (Å²) >= 11 is 0. The molecule has 4 nitrogen and oxygen atoms in total. The van der Waals surface area contributed by atoms with Crippen LogP contribution in [-0.4, -0.2) is 9.78 Å². The first-order valence-corrected chi connectivity index (χ1v) is 7.20. The van der Waals surface area contributed by atoms with Crippen LogP contribution in [0.25, 0.3) is 0 Å². The van der Waals surface area contributed by atoms with Crippen molar-refractivity contribution in [2.24, 2.45) is 5.84 Å². The van der Waals surface area contributed by atoms with Gasteiger partial charge in [-0.3, -0.25) is 16.0 Å². The van der Waals surface area contributed by atoms with E-state index in [1.165, 1.54) is 11.1 Å². The molecule has 0 spiro atoms. The minimum Gasteiger partial charge on any atom is -0.271 e. The second kappa shape index (κ2) is 6.68. The van der Waals surface area contributed by atoms with Gasteiger partial charge in [-0.15, -0.1) is 0 Å². The largest absolute Gasteiger partial charge is 0.271 e. The van der Waals surface area contributed by atoms with Crippen LogP contribution in [0.1, 0.15) is 49.2 Å². The van der Waals surface area contributed by atoms with Gasteiger partial charge in [0, 0.05) is 18.7 Å². The van der Waals surface area contributed by atoms with Crippen molar-refractivity contribution in [1.82, 2.24) is 15.2 Å². The van der Waals surface area contributed by atoms with E-state index >= 15 is 0 Å². The molecule has 0 saturated carbocycles. The summed E-state index contributed by atoms with van der Waals surface area (Å²) in [6, 6.07) is 11.0. The molecular formula is C16H24N4. The fourth-order valence-electron chi connectivity index (χ4n) is 2.29. The highest BCUT2D eigenvalue weighted by Gasteiger charge is 2.13. The standard InChI is InChI=1S/C16H24N4/c1-4-13(3)20-9-8-15(19-20)11-16(18-17)14-7-5-6-12(2)10-14/h5-10,13,16,18H,4,11,17H2,1-3H3. The van der Waals surface area contributed by atoms with Gasteiger partial charge in [-0.25, -0.2) is 0 Å². The zero-order valence-corrected chi connectivity index (χ0v) is 12.5. The van der Waals surface area contributed by atoms with Gasteiger partial charge >= 0.3 is 0 Å². The van der Waals surface area contributed by atoms with Gasteiger partial charge < -0.3 is 0 Å². The van der Waals surface area contributed by atoms with E-state index < -0.39 is 0 Å². The SMILES string of the molecule is CCC(C)n1ccc(CC(NN)c2cccc(C)c2)n1. The minimum atomic E-state index is 0.0928. The number of hydrazine groups is 1. The molecule has 0 aliphatic heterocycles. The third kappa shape index (κ3) is 3.46. The maximum absolute atomic E-state index is 5.71. The highest BCUT2D eigenvalue weighted by atomic mass is 15.3. The van der Waals surface area contributed by atoms with Gasteiger partial charge in [0.2, 0.25) is 0 Å². The molecule has 2 rings (SSSR count). The number of nitrogens with one attached hydrogen (secondary N) is 1. The van der Waals surface area contributed by atoms with Crippen LogP contribution < -0.4 is 11.3 Å². The molecular weight excluding hydrogens is 248 g/mol. The van der Waals surface area contributed by atoms with Crippen molar-refractivity contribution in [3.63, 3.8) is 0 Å². The Bertz CT molecular complexity index is 547. The van der Waals surface area contributed by atoms with E-state index in [2.05, 4.69) is 61.6 Å². The van der Waals surface area contributed by atoms with Gasteiger partial charge in [0.1, 0.15) is 0 Å². The van der Waals surface area contributed by atoms with Gasteiger partial charge in [-0.1, -0.05) is 36.8 Å². The Labute approximate surface area is 121 Å². The first-order chi connectivity index (χ1) is 9.63. The van der Waals surface area contributed by atoms with E-state index in [1.54, 1.807) is 0 Å². The predicted octanol–water partition coefficient (Wildman–Crippen LogP) is 2.91. The molecule has 0 radical (unpaired) electrons. The molecule has 2 aromatic rings. The molecule has 0 aliphatic rings. The Balaban J connectivity index is 2.12. The highest BCUT2D eigenvalue weighted by Crippen LogP contribution is 2.19. The van der Waals surface area contributed by atoms with E-state index in [9.17, 15) is 0 Å². The van der Waals surface area contributed by atoms with Crippen LogP contribution in [0.3, 0.4) is 0 Å². The maximum Gasteiger partial charge on any atom is 0.0644 e. The van der Waals surface area contributed by atoms with Gasteiger partial charge in [-0.2, -0.15) is 5.10 Å². The number of nitrogens with two attached hydrogens (primary N) is 1. The maximum atomic E-state index is 5.71. The fraction of sp³-hybridized carbons (Fsp3) is 0.438. The molecule has 4 heteroatoms. The first-order valence-electron chi connectivity index (χ1n) is 7.20. The lowest BCUT2D eigenvalue weighted by molar-refractivity contribution is 0.467. The first kappa shape index (κ1) is 14.8. The molecule has 0 bridgehead atoms. The number of benzene rings is 1. The average molecular weight is 272 g/mol. The molecule has 1 aromatic carbocycles. The average Bonchev–Trinajstić information content (AvgIpc) is 2.92. The quantitative estimate of drug-likeness (QED) is 0.628. The number of hydrogen-bond donors (Lipinski definition) is 2. The minimum absolute atomic E-state index is 0.0928. The second-order valence-electron chi connectivity index (χ2n) is 5.38. The summed E-state index contributed by atoms with van der Waals surface area (Å²) in [7, 11) is 0. The number of aromatic nitrogens is 2. The van der Waals surface area contributed by atoms with E-state index in [0.717, 1.165) is 18.5 Å². The summed E-state index contributed by atoms with van der Waals surface area (Å²) in [5.74, 6) is 5.71. The smallest absolute Gasteiger partial charge is 0.0644 e. The monoisotopic (exact) mass is 272 g/mol. The van der Waals surface area contributed by atoms with Crippen LogP contribution in [0.15, 0.2) is 36.5 Å². The lowest BCUT2D eigenvalue weighted by Crippen LogP contribution is -2.29.